The molecule has 1 heterocycles. The van der Waals surface area contributed by atoms with E-state index in [0.717, 1.165) is 0 Å². The average molecular weight is 378 g/mol. The van der Waals surface area contributed by atoms with Gasteiger partial charge < -0.3 is 5.32 Å². The van der Waals surface area contributed by atoms with Crippen LogP contribution in [0.15, 0.2) is 59.5 Å². The third-order valence-electron chi connectivity index (χ3n) is 3.57. The van der Waals surface area contributed by atoms with E-state index in [1.807, 2.05) is 0 Å². The van der Waals surface area contributed by atoms with Gasteiger partial charge in [0, 0.05) is 11.0 Å². The highest BCUT2D eigenvalue weighted by atomic mass is 32.2. The molecule has 26 heavy (non-hydrogen) atoms. The van der Waals surface area contributed by atoms with E-state index in [1.165, 1.54) is 41.3 Å². The molecule has 1 aliphatic rings. The van der Waals surface area contributed by atoms with Crippen LogP contribution in [-0.4, -0.2) is 23.9 Å². The molecule has 0 fully saturated rings. The van der Waals surface area contributed by atoms with Gasteiger partial charge in [0.1, 0.15) is 6.54 Å². The highest BCUT2D eigenvalue weighted by molar-refractivity contribution is 8.00. The second kappa shape index (κ2) is 7.25. The molecule has 0 saturated carbocycles. The van der Waals surface area contributed by atoms with Crippen molar-refractivity contribution in [3.63, 3.8) is 0 Å². The van der Waals surface area contributed by atoms with E-state index in [1.54, 1.807) is 24.3 Å². The van der Waals surface area contributed by atoms with E-state index in [-0.39, 0.29) is 35.0 Å². The maximum absolute atomic E-state index is 12.4. The van der Waals surface area contributed by atoms with Crippen molar-refractivity contribution in [2.24, 2.45) is 0 Å². The molecule has 3 rings (SSSR count). The number of carbonyl (C=O) groups is 2. The van der Waals surface area contributed by atoms with Gasteiger partial charge in [0.05, 0.1) is 11.4 Å². The van der Waals surface area contributed by atoms with Gasteiger partial charge in [-0.15, -0.1) is 0 Å². The summed E-state index contributed by atoms with van der Waals surface area (Å²) in [4.78, 5) is 25.6. The summed E-state index contributed by atoms with van der Waals surface area (Å²) >= 11 is -0.195. The van der Waals surface area contributed by atoms with E-state index < -0.39 is 5.51 Å². The van der Waals surface area contributed by atoms with Gasteiger partial charge in [-0.25, -0.2) is 0 Å². The second-order valence-corrected chi connectivity index (χ2v) is 6.58. The Labute approximate surface area is 151 Å². The number of nitrogens with one attached hydrogen (secondary N) is 1. The zero-order chi connectivity index (χ0) is 18.7. The molecule has 0 aromatic heterocycles. The molecular weight excluding hydrogens is 365 g/mol. The number of anilines is 2. The summed E-state index contributed by atoms with van der Waals surface area (Å²) in [5, 5.41) is 2.69. The van der Waals surface area contributed by atoms with Gasteiger partial charge in [0.25, 0.3) is 5.91 Å². The fourth-order valence-electron chi connectivity index (χ4n) is 2.47. The summed E-state index contributed by atoms with van der Waals surface area (Å²) < 4.78 is 37.0. The van der Waals surface area contributed by atoms with Crippen LogP contribution >= 0.6 is 11.8 Å². The van der Waals surface area contributed by atoms with E-state index in [9.17, 15) is 22.8 Å². The number of benzene rings is 2. The first-order valence-corrected chi connectivity index (χ1v) is 8.38. The van der Waals surface area contributed by atoms with E-state index in [2.05, 4.69) is 5.32 Å². The smallest absolute Gasteiger partial charge is 0.323 e. The van der Waals surface area contributed by atoms with Crippen LogP contribution in [0, 0.1) is 0 Å². The van der Waals surface area contributed by atoms with Gasteiger partial charge in [-0.2, -0.15) is 13.2 Å². The third-order valence-corrected chi connectivity index (χ3v) is 4.31. The Hall–Kier alpha value is -2.74. The zero-order valence-corrected chi connectivity index (χ0v) is 14.1. The molecule has 0 radical (unpaired) electrons. The first-order valence-electron chi connectivity index (χ1n) is 7.56. The molecule has 4 nitrogen and oxygen atoms in total. The summed E-state index contributed by atoms with van der Waals surface area (Å²) in [6.07, 6.45) is 2.79. The molecule has 2 aromatic rings. The molecule has 0 spiro atoms. The Morgan fingerprint density at radius 2 is 1.81 bits per heavy atom. The highest BCUT2D eigenvalue weighted by Gasteiger charge is 2.29. The van der Waals surface area contributed by atoms with Crippen molar-refractivity contribution in [3.05, 3.63) is 60.2 Å². The van der Waals surface area contributed by atoms with Crippen molar-refractivity contribution in [2.75, 3.05) is 16.8 Å². The number of alkyl halides is 3. The van der Waals surface area contributed by atoms with Crippen LogP contribution in [0.3, 0.4) is 0 Å². The number of halogens is 3. The molecular formula is C18H13F3N2O2S. The Morgan fingerprint density at radius 1 is 1.12 bits per heavy atom. The zero-order valence-electron chi connectivity index (χ0n) is 13.3. The lowest BCUT2D eigenvalue weighted by Gasteiger charge is -2.28. The molecule has 1 N–H and O–H groups in total. The standard InChI is InChI=1S/C18H13F3N2O2S/c19-18(20,21)26-13-8-5-12(6-9-13)7-10-17(25)23-11-16(24)22-14-3-1-2-4-15(14)23/h1-10H,11H2,(H,22,24). The van der Waals surface area contributed by atoms with Crippen LogP contribution in [0.2, 0.25) is 0 Å². The largest absolute Gasteiger partial charge is 0.446 e. The van der Waals surface area contributed by atoms with Crippen LogP contribution in [0.1, 0.15) is 5.56 Å². The van der Waals surface area contributed by atoms with Gasteiger partial charge >= 0.3 is 5.51 Å². The summed E-state index contributed by atoms with van der Waals surface area (Å²) in [5.41, 5.74) is -2.60. The van der Waals surface area contributed by atoms with Gasteiger partial charge in [-0.05, 0) is 47.7 Å². The predicted molar refractivity (Wildman–Crippen MR) is 94.8 cm³/mol. The van der Waals surface area contributed by atoms with Crippen molar-refractivity contribution in [1.82, 2.24) is 0 Å². The fraction of sp³-hybridized carbons (Fsp3) is 0.111. The number of carbonyl (C=O) groups excluding carboxylic acids is 2. The van der Waals surface area contributed by atoms with E-state index in [0.29, 0.717) is 16.9 Å². The van der Waals surface area contributed by atoms with Crippen molar-refractivity contribution in [1.29, 1.82) is 0 Å². The number of fused-ring (bicyclic) bond motifs is 1. The lowest BCUT2D eigenvalue weighted by Crippen LogP contribution is -2.41. The van der Waals surface area contributed by atoms with Gasteiger partial charge in [0.2, 0.25) is 5.91 Å². The number of nitrogens with zero attached hydrogens (tertiary/aromatic N) is 1. The number of hydrogen-bond acceptors (Lipinski definition) is 3. The molecule has 0 saturated heterocycles. The van der Waals surface area contributed by atoms with Crippen molar-refractivity contribution >= 4 is 41.0 Å². The minimum absolute atomic E-state index is 0.0719. The maximum Gasteiger partial charge on any atom is 0.446 e. The first-order chi connectivity index (χ1) is 12.3. The molecule has 0 aliphatic carbocycles. The molecule has 2 amide bonds. The number of para-hydroxylation sites is 2. The predicted octanol–water partition coefficient (Wildman–Crippen LogP) is 4.30. The van der Waals surface area contributed by atoms with Crippen LogP contribution in [0.5, 0.6) is 0 Å². The normalized spacial score (nSPS) is 14.3. The summed E-state index contributed by atoms with van der Waals surface area (Å²) in [7, 11) is 0. The molecule has 134 valence electrons. The molecule has 0 atom stereocenters. The summed E-state index contributed by atoms with van der Waals surface area (Å²) in [6, 6.07) is 12.6. The number of rotatable bonds is 3. The lowest BCUT2D eigenvalue weighted by molar-refractivity contribution is -0.119. The van der Waals surface area contributed by atoms with E-state index in [4.69, 9.17) is 0 Å². The number of hydrogen-bond donors (Lipinski definition) is 1. The van der Waals surface area contributed by atoms with E-state index >= 15 is 0 Å². The van der Waals surface area contributed by atoms with Crippen LogP contribution in [0.4, 0.5) is 24.5 Å². The minimum atomic E-state index is -4.34. The second-order valence-electron chi connectivity index (χ2n) is 5.44. The average Bonchev–Trinajstić information content (AvgIpc) is 2.58. The van der Waals surface area contributed by atoms with Gasteiger partial charge in [-0.3, -0.25) is 14.5 Å². The highest BCUT2D eigenvalue weighted by Crippen LogP contribution is 2.36. The summed E-state index contributed by atoms with van der Waals surface area (Å²) in [6.45, 7) is -0.0959. The van der Waals surface area contributed by atoms with Gasteiger partial charge in [-0.1, -0.05) is 24.3 Å². The Balaban J connectivity index is 1.73. The van der Waals surface area contributed by atoms with Crippen molar-refractivity contribution in [2.45, 2.75) is 10.4 Å². The molecule has 0 bridgehead atoms. The Kier molecular flexibility index (Phi) is 5.03. The topological polar surface area (TPSA) is 49.4 Å². The van der Waals surface area contributed by atoms with Crippen molar-refractivity contribution in [3.8, 4) is 0 Å². The molecule has 2 aromatic carbocycles. The van der Waals surface area contributed by atoms with Crippen LogP contribution in [-0.2, 0) is 9.59 Å². The van der Waals surface area contributed by atoms with Gasteiger partial charge in [0.15, 0.2) is 0 Å². The lowest BCUT2D eigenvalue weighted by atomic mass is 10.1. The van der Waals surface area contributed by atoms with Crippen LogP contribution in [0.25, 0.3) is 6.08 Å². The summed E-state index contributed by atoms with van der Waals surface area (Å²) in [5.74, 6) is -0.681. The number of amides is 2. The fourth-order valence-corrected chi connectivity index (χ4v) is 3.01. The Morgan fingerprint density at radius 3 is 2.50 bits per heavy atom. The first kappa shape index (κ1) is 18.1. The molecule has 0 unspecified atom stereocenters. The van der Waals surface area contributed by atoms with Crippen molar-refractivity contribution < 1.29 is 22.8 Å². The van der Waals surface area contributed by atoms with Crippen LogP contribution < -0.4 is 10.2 Å². The maximum atomic E-state index is 12.4. The Bertz CT molecular complexity index is 863. The minimum Gasteiger partial charge on any atom is -0.323 e. The third kappa shape index (κ3) is 4.45. The number of thioether (sulfide) groups is 1. The quantitative estimate of drug-likeness (QED) is 0.640. The SMILES string of the molecule is O=C1CN(C(=O)C=Cc2ccc(SC(F)(F)F)cc2)c2ccccc2N1. The molecule has 8 heteroatoms. The monoisotopic (exact) mass is 378 g/mol. The molecule has 1 aliphatic heterocycles.